The quantitative estimate of drug-likeness (QED) is 0.197. The Labute approximate surface area is 273 Å². The van der Waals surface area contributed by atoms with Gasteiger partial charge in [0, 0.05) is 16.2 Å². The van der Waals surface area contributed by atoms with Gasteiger partial charge in [-0.1, -0.05) is 115 Å². The van der Waals surface area contributed by atoms with Gasteiger partial charge in [-0.05, 0) is 127 Å². The molecule has 0 saturated heterocycles. The van der Waals surface area contributed by atoms with E-state index in [0.29, 0.717) is 0 Å². The molecule has 0 N–H and O–H groups in total. The van der Waals surface area contributed by atoms with E-state index in [-0.39, 0.29) is 0 Å². The van der Waals surface area contributed by atoms with E-state index >= 15 is 0 Å². The normalized spacial score (nSPS) is 13.2. The van der Waals surface area contributed by atoms with Gasteiger partial charge in [0.25, 0.3) is 0 Å². The average molecular weight is 601 g/mol. The highest BCUT2D eigenvalue weighted by molar-refractivity contribution is 6.16. The highest BCUT2D eigenvalue weighted by atomic mass is 16.3. The monoisotopic (exact) mass is 600 g/mol. The summed E-state index contributed by atoms with van der Waals surface area (Å²) in [6.45, 7) is 0. The van der Waals surface area contributed by atoms with Gasteiger partial charge in [0.2, 0.25) is 0 Å². The lowest BCUT2D eigenvalue weighted by atomic mass is 9.77. The van der Waals surface area contributed by atoms with Crippen molar-refractivity contribution in [3.05, 3.63) is 157 Å². The molecule has 0 amide bonds. The van der Waals surface area contributed by atoms with E-state index in [1.807, 2.05) is 0 Å². The lowest BCUT2D eigenvalue weighted by molar-refractivity contribution is 0.672. The van der Waals surface area contributed by atoms with Crippen LogP contribution in [0.3, 0.4) is 0 Å². The third-order valence-electron chi connectivity index (χ3n) is 10.4. The first-order valence-electron chi connectivity index (χ1n) is 16.8. The van der Waals surface area contributed by atoms with E-state index in [1.165, 1.54) is 100 Å². The summed E-state index contributed by atoms with van der Waals surface area (Å²) in [6.07, 6.45) is 4.66. The number of hydrogen-bond donors (Lipinski definition) is 0. The van der Waals surface area contributed by atoms with Crippen LogP contribution in [0, 0.1) is 0 Å². The van der Waals surface area contributed by atoms with Crippen LogP contribution < -0.4 is 0 Å². The first-order valence-corrected chi connectivity index (χ1v) is 16.8. The Morgan fingerprint density at radius 1 is 0.362 bits per heavy atom. The molecule has 10 rings (SSSR count). The standard InChI is InChI=1S/C46H32O/c1-2-10-29(11-3-1)31-18-19-33-27-34(21-20-32(33)26-31)44-37-14-6-8-16-39(37)45(40-17-9-7-15-38(40)44)35-23-25-43-42(28-35)41-24-22-30-12-4-5-13-36(30)46(41)47-43/h1-6,8,10-14,16,18-28H,7,9,15,17H2. The van der Waals surface area contributed by atoms with Gasteiger partial charge in [-0.25, -0.2) is 0 Å². The van der Waals surface area contributed by atoms with Gasteiger partial charge in [-0.3, -0.25) is 0 Å². The van der Waals surface area contributed by atoms with E-state index in [2.05, 4.69) is 146 Å². The van der Waals surface area contributed by atoms with Crippen molar-refractivity contribution in [1.29, 1.82) is 0 Å². The highest BCUT2D eigenvalue weighted by Gasteiger charge is 2.24. The zero-order valence-electron chi connectivity index (χ0n) is 26.1. The Bertz CT molecular complexity index is 2670. The van der Waals surface area contributed by atoms with Crippen molar-refractivity contribution in [2.24, 2.45) is 0 Å². The highest BCUT2D eigenvalue weighted by Crippen LogP contribution is 2.46. The molecule has 1 heteroatoms. The molecule has 0 fully saturated rings. The number of rotatable bonds is 3. The van der Waals surface area contributed by atoms with Crippen molar-refractivity contribution in [3.8, 4) is 33.4 Å². The summed E-state index contributed by atoms with van der Waals surface area (Å²) in [5.41, 5.74) is 12.9. The second-order valence-corrected chi connectivity index (χ2v) is 13.1. The smallest absolute Gasteiger partial charge is 0.143 e. The average Bonchev–Trinajstić information content (AvgIpc) is 3.52. The van der Waals surface area contributed by atoms with E-state index in [9.17, 15) is 0 Å². The topological polar surface area (TPSA) is 13.1 Å². The summed E-state index contributed by atoms with van der Waals surface area (Å²) < 4.78 is 6.50. The van der Waals surface area contributed by atoms with Crippen LogP contribution in [-0.2, 0) is 12.8 Å². The van der Waals surface area contributed by atoms with E-state index in [0.717, 1.165) is 24.0 Å². The van der Waals surface area contributed by atoms with E-state index in [1.54, 1.807) is 0 Å². The second-order valence-electron chi connectivity index (χ2n) is 13.1. The largest absolute Gasteiger partial charge is 0.455 e. The zero-order chi connectivity index (χ0) is 30.9. The third kappa shape index (κ3) is 4.16. The van der Waals surface area contributed by atoms with Gasteiger partial charge < -0.3 is 4.42 Å². The molecule has 1 aliphatic carbocycles. The Kier molecular flexibility index (Phi) is 5.90. The summed E-state index contributed by atoms with van der Waals surface area (Å²) in [6, 6.07) is 53.5. The number of benzene rings is 8. The minimum Gasteiger partial charge on any atom is -0.455 e. The Morgan fingerprint density at radius 3 is 1.68 bits per heavy atom. The SMILES string of the molecule is c1ccc(-c2ccc3cc(-c4c5c(c(-c6ccc7oc8c9ccccc9ccc8c7c6)c6ccccc46)CCCC5)ccc3c2)cc1. The lowest BCUT2D eigenvalue weighted by Gasteiger charge is -2.26. The minimum atomic E-state index is 0.946. The molecular formula is C46H32O. The van der Waals surface area contributed by atoms with Crippen LogP contribution in [-0.4, -0.2) is 0 Å². The molecule has 9 aromatic rings. The van der Waals surface area contributed by atoms with Crippen molar-refractivity contribution in [2.45, 2.75) is 25.7 Å². The van der Waals surface area contributed by atoms with Crippen LogP contribution in [0.1, 0.15) is 24.0 Å². The molecule has 0 radical (unpaired) electrons. The lowest BCUT2D eigenvalue weighted by Crippen LogP contribution is -2.08. The second kappa shape index (κ2) is 10.4. The van der Waals surface area contributed by atoms with Crippen LogP contribution in [0.2, 0.25) is 0 Å². The van der Waals surface area contributed by atoms with Crippen molar-refractivity contribution >= 4 is 54.3 Å². The molecule has 8 aromatic carbocycles. The third-order valence-corrected chi connectivity index (χ3v) is 10.4. The molecule has 47 heavy (non-hydrogen) atoms. The molecular weight excluding hydrogens is 569 g/mol. The molecule has 1 heterocycles. The zero-order valence-corrected chi connectivity index (χ0v) is 26.1. The Morgan fingerprint density at radius 2 is 0.936 bits per heavy atom. The van der Waals surface area contributed by atoms with E-state index in [4.69, 9.17) is 4.42 Å². The van der Waals surface area contributed by atoms with Gasteiger partial charge in [-0.2, -0.15) is 0 Å². The van der Waals surface area contributed by atoms with Gasteiger partial charge in [0.15, 0.2) is 0 Å². The molecule has 0 bridgehead atoms. The molecule has 0 aliphatic heterocycles. The van der Waals surface area contributed by atoms with E-state index < -0.39 is 0 Å². The van der Waals surface area contributed by atoms with Crippen LogP contribution in [0.4, 0.5) is 0 Å². The first kappa shape index (κ1) is 26.5. The van der Waals surface area contributed by atoms with Crippen molar-refractivity contribution in [3.63, 3.8) is 0 Å². The van der Waals surface area contributed by atoms with Crippen molar-refractivity contribution in [2.75, 3.05) is 0 Å². The van der Waals surface area contributed by atoms with Crippen LogP contribution >= 0.6 is 0 Å². The maximum Gasteiger partial charge on any atom is 0.143 e. The molecule has 1 aliphatic rings. The van der Waals surface area contributed by atoms with Gasteiger partial charge in [-0.15, -0.1) is 0 Å². The fourth-order valence-corrected chi connectivity index (χ4v) is 8.23. The number of fused-ring (bicyclic) bond motifs is 8. The maximum absolute atomic E-state index is 6.50. The fraction of sp³-hybridized carbons (Fsp3) is 0.0870. The molecule has 0 atom stereocenters. The summed E-state index contributed by atoms with van der Waals surface area (Å²) in [5, 5.41) is 9.98. The predicted octanol–water partition coefficient (Wildman–Crippen LogP) is 12.9. The van der Waals surface area contributed by atoms with Gasteiger partial charge in [0.05, 0.1) is 0 Å². The summed E-state index contributed by atoms with van der Waals surface area (Å²) in [4.78, 5) is 0. The van der Waals surface area contributed by atoms with Gasteiger partial charge >= 0.3 is 0 Å². The van der Waals surface area contributed by atoms with Crippen molar-refractivity contribution < 1.29 is 4.42 Å². The molecule has 222 valence electrons. The summed E-state index contributed by atoms with van der Waals surface area (Å²) >= 11 is 0. The number of hydrogen-bond acceptors (Lipinski definition) is 1. The molecule has 0 saturated carbocycles. The fourth-order valence-electron chi connectivity index (χ4n) is 8.23. The van der Waals surface area contributed by atoms with Gasteiger partial charge in [0.1, 0.15) is 11.2 Å². The number of furan rings is 1. The molecule has 1 aromatic heterocycles. The van der Waals surface area contributed by atoms with Crippen molar-refractivity contribution in [1.82, 2.24) is 0 Å². The molecule has 1 nitrogen and oxygen atoms in total. The predicted molar refractivity (Wildman–Crippen MR) is 199 cm³/mol. The Balaban J connectivity index is 1.18. The Hall–Kier alpha value is -5.66. The van der Waals surface area contributed by atoms with Crippen LogP contribution in [0.25, 0.3) is 87.6 Å². The molecule has 0 unspecified atom stereocenters. The first-order chi connectivity index (χ1) is 23.3. The molecule has 0 spiro atoms. The summed E-state index contributed by atoms with van der Waals surface area (Å²) in [5.74, 6) is 0. The van der Waals surface area contributed by atoms with Crippen LogP contribution in [0.5, 0.6) is 0 Å². The minimum absolute atomic E-state index is 0.946. The maximum atomic E-state index is 6.50. The summed E-state index contributed by atoms with van der Waals surface area (Å²) in [7, 11) is 0. The van der Waals surface area contributed by atoms with Crippen LogP contribution in [0.15, 0.2) is 150 Å².